The largest absolute Gasteiger partial charge is 0.300 e. The quantitative estimate of drug-likeness (QED) is 0.822. The topological polar surface area (TPSA) is 52.0 Å². The van der Waals surface area contributed by atoms with Crippen LogP contribution >= 0.6 is 11.3 Å². The average Bonchev–Trinajstić information content (AvgIpc) is 2.82. The molecule has 0 saturated heterocycles. The summed E-state index contributed by atoms with van der Waals surface area (Å²) in [6.07, 6.45) is 3.00. The number of Topliss-reactive ketones (excluding diaryl/α,β-unsaturated/α-hetero) is 1. The Hall–Kier alpha value is -1.49. The van der Waals surface area contributed by atoms with Crippen molar-refractivity contribution in [2.24, 2.45) is 0 Å². The number of hydrogen-bond donors (Lipinski definition) is 0. The molecule has 0 unspecified atom stereocenters. The molecule has 0 aliphatic carbocycles. The van der Waals surface area contributed by atoms with E-state index in [-0.39, 0.29) is 11.3 Å². The highest BCUT2D eigenvalue weighted by Crippen LogP contribution is 2.22. The van der Waals surface area contributed by atoms with Crippen molar-refractivity contribution in [3.8, 4) is 0 Å². The summed E-state index contributed by atoms with van der Waals surface area (Å²) in [5.41, 5.74) is -0.00403. The van der Waals surface area contributed by atoms with Crippen molar-refractivity contribution >= 4 is 27.3 Å². The van der Waals surface area contributed by atoms with E-state index in [1.807, 2.05) is 6.07 Å². The summed E-state index contributed by atoms with van der Waals surface area (Å²) in [6, 6.07) is 1.94. The number of nitrogens with zero attached hydrogens (tertiary/aromatic N) is 2. The molecule has 0 saturated carbocycles. The minimum atomic E-state index is -0.00403. The summed E-state index contributed by atoms with van der Waals surface area (Å²) in [5.74, 6) is 0.898. The third-order valence-corrected chi connectivity index (χ3v) is 4.46. The molecule has 0 atom stereocenters. The van der Waals surface area contributed by atoms with Crippen LogP contribution in [0.15, 0.2) is 10.9 Å². The van der Waals surface area contributed by atoms with Crippen molar-refractivity contribution in [2.45, 2.75) is 53.0 Å². The Kier molecular flexibility index (Phi) is 4.70. The maximum Gasteiger partial charge on any atom is 0.262 e. The van der Waals surface area contributed by atoms with Gasteiger partial charge in [-0.2, -0.15) is 0 Å². The lowest BCUT2D eigenvalue weighted by Crippen LogP contribution is -2.25. The number of aromatic nitrogens is 2. The van der Waals surface area contributed by atoms with E-state index < -0.39 is 0 Å². The van der Waals surface area contributed by atoms with Crippen LogP contribution in [-0.4, -0.2) is 15.3 Å². The van der Waals surface area contributed by atoms with Crippen molar-refractivity contribution in [1.29, 1.82) is 0 Å². The van der Waals surface area contributed by atoms with Crippen molar-refractivity contribution in [3.05, 3.63) is 27.1 Å². The second-order valence-corrected chi connectivity index (χ2v) is 6.09. The fraction of sp³-hybridized carbons (Fsp3) is 0.533. The predicted octanol–water partition coefficient (Wildman–Crippen LogP) is 2.95. The lowest BCUT2D eigenvalue weighted by molar-refractivity contribution is -0.117. The van der Waals surface area contributed by atoms with Crippen LogP contribution in [0.25, 0.3) is 10.2 Å². The molecule has 5 heteroatoms. The molecule has 0 aliphatic rings. The summed E-state index contributed by atoms with van der Waals surface area (Å²) >= 11 is 1.59. The van der Waals surface area contributed by atoms with E-state index in [0.29, 0.717) is 18.4 Å². The van der Waals surface area contributed by atoms with Crippen molar-refractivity contribution in [1.82, 2.24) is 9.55 Å². The standard InChI is InChI=1S/C15H20N2O2S/c1-4-6-13-16-14-12(9-11(5-2)20-14)15(19)17(13)8-7-10(3)18/h9H,4-8H2,1-3H3. The van der Waals surface area contributed by atoms with Crippen LogP contribution in [0.5, 0.6) is 0 Å². The monoisotopic (exact) mass is 292 g/mol. The molecular formula is C15H20N2O2S. The number of hydrogen-bond acceptors (Lipinski definition) is 4. The first-order valence-corrected chi connectivity index (χ1v) is 7.90. The van der Waals surface area contributed by atoms with Gasteiger partial charge in [0.05, 0.1) is 5.39 Å². The van der Waals surface area contributed by atoms with E-state index in [1.54, 1.807) is 22.8 Å². The van der Waals surface area contributed by atoms with Gasteiger partial charge < -0.3 is 0 Å². The van der Waals surface area contributed by atoms with Gasteiger partial charge in [-0.1, -0.05) is 13.8 Å². The average molecular weight is 292 g/mol. The van der Waals surface area contributed by atoms with E-state index in [1.165, 1.54) is 4.88 Å². The Labute approximate surface area is 122 Å². The molecule has 0 bridgehead atoms. The lowest BCUT2D eigenvalue weighted by atomic mass is 10.2. The molecule has 2 rings (SSSR count). The SMILES string of the molecule is CCCc1nc2sc(CC)cc2c(=O)n1CCC(C)=O. The molecule has 4 nitrogen and oxygen atoms in total. The van der Waals surface area contributed by atoms with Gasteiger partial charge in [-0.15, -0.1) is 11.3 Å². The third kappa shape index (κ3) is 2.98. The smallest absolute Gasteiger partial charge is 0.262 e. The summed E-state index contributed by atoms with van der Waals surface area (Å²) in [6.45, 7) is 6.13. The predicted molar refractivity (Wildman–Crippen MR) is 82.6 cm³/mol. The van der Waals surface area contributed by atoms with E-state index in [9.17, 15) is 9.59 Å². The highest BCUT2D eigenvalue weighted by atomic mass is 32.1. The summed E-state index contributed by atoms with van der Waals surface area (Å²) in [4.78, 5) is 30.4. The van der Waals surface area contributed by atoms with Crippen molar-refractivity contribution in [3.63, 3.8) is 0 Å². The van der Waals surface area contributed by atoms with Gasteiger partial charge in [-0.25, -0.2) is 4.98 Å². The number of aryl methyl sites for hydroxylation is 2. The fourth-order valence-electron chi connectivity index (χ4n) is 2.20. The van der Waals surface area contributed by atoms with Gasteiger partial charge in [0, 0.05) is 24.3 Å². The highest BCUT2D eigenvalue weighted by molar-refractivity contribution is 7.18. The normalized spacial score (nSPS) is 11.2. The van der Waals surface area contributed by atoms with Gasteiger partial charge in [-0.3, -0.25) is 14.2 Å². The second kappa shape index (κ2) is 6.31. The zero-order chi connectivity index (χ0) is 14.7. The maximum absolute atomic E-state index is 12.6. The zero-order valence-electron chi connectivity index (χ0n) is 12.2. The lowest BCUT2D eigenvalue weighted by Gasteiger charge is -2.10. The van der Waals surface area contributed by atoms with Crippen molar-refractivity contribution < 1.29 is 4.79 Å². The molecule has 20 heavy (non-hydrogen) atoms. The number of carbonyl (C=O) groups excluding carboxylic acids is 1. The third-order valence-electron chi connectivity index (χ3n) is 3.29. The number of ketones is 1. The Morgan fingerprint density at radius 3 is 2.75 bits per heavy atom. The Morgan fingerprint density at radius 2 is 2.15 bits per heavy atom. The van der Waals surface area contributed by atoms with Gasteiger partial charge in [0.15, 0.2) is 0 Å². The van der Waals surface area contributed by atoms with E-state index >= 15 is 0 Å². The maximum atomic E-state index is 12.6. The molecule has 0 amide bonds. The zero-order valence-corrected chi connectivity index (χ0v) is 13.0. The molecule has 0 aromatic carbocycles. The Morgan fingerprint density at radius 1 is 1.40 bits per heavy atom. The molecule has 108 valence electrons. The van der Waals surface area contributed by atoms with E-state index in [2.05, 4.69) is 18.8 Å². The van der Waals surface area contributed by atoms with Crippen LogP contribution < -0.4 is 5.56 Å². The van der Waals surface area contributed by atoms with Gasteiger partial charge in [0.2, 0.25) is 0 Å². The minimum Gasteiger partial charge on any atom is -0.300 e. The summed E-state index contributed by atoms with van der Waals surface area (Å²) < 4.78 is 1.68. The molecule has 0 spiro atoms. The Bertz CT molecular complexity index is 685. The first-order chi connectivity index (χ1) is 9.56. The van der Waals surface area contributed by atoms with Crippen LogP contribution in [0.2, 0.25) is 0 Å². The minimum absolute atomic E-state index is 0.00403. The van der Waals surface area contributed by atoms with Gasteiger partial charge >= 0.3 is 0 Å². The fourth-order valence-corrected chi connectivity index (χ4v) is 3.17. The highest BCUT2D eigenvalue weighted by Gasteiger charge is 2.13. The van der Waals surface area contributed by atoms with Crippen LogP contribution in [0.3, 0.4) is 0 Å². The molecule has 0 aliphatic heterocycles. The van der Waals surface area contributed by atoms with Crippen LogP contribution in [0, 0.1) is 0 Å². The number of rotatable bonds is 6. The van der Waals surface area contributed by atoms with E-state index in [4.69, 9.17) is 0 Å². The van der Waals surface area contributed by atoms with Crippen LogP contribution in [-0.2, 0) is 24.2 Å². The van der Waals surface area contributed by atoms with Gasteiger partial charge in [0.25, 0.3) is 5.56 Å². The van der Waals surface area contributed by atoms with Gasteiger partial charge in [-0.05, 0) is 25.8 Å². The molecule has 0 N–H and O–H groups in total. The van der Waals surface area contributed by atoms with Gasteiger partial charge in [0.1, 0.15) is 16.4 Å². The molecule has 0 fully saturated rings. The van der Waals surface area contributed by atoms with E-state index in [0.717, 1.165) is 29.9 Å². The Balaban J connectivity index is 2.56. The first kappa shape index (κ1) is 14.9. The van der Waals surface area contributed by atoms with Crippen LogP contribution in [0.1, 0.15) is 44.3 Å². The molecule has 2 aromatic rings. The number of carbonyl (C=O) groups is 1. The summed E-state index contributed by atoms with van der Waals surface area (Å²) in [7, 11) is 0. The van der Waals surface area contributed by atoms with Crippen molar-refractivity contribution in [2.75, 3.05) is 0 Å². The number of thiophene rings is 1. The molecule has 2 aromatic heterocycles. The first-order valence-electron chi connectivity index (χ1n) is 7.08. The van der Waals surface area contributed by atoms with Crippen LogP contribution in [0.4, 0.5) is 0 Å². The molecule has 2 heterocycles. The summed E-state index contributed by atoms with van der Waals surface area (Å²) in [5, 5.41) is 0.690. The second-order valence-electron chi connectivity index (χ2n) is 4.97. The number of fused-ring (bicyclic) bond motifs is 1. The molecular weight excluding hydrogens is 272 g/mol. The molecule has 0 radical (unpaired) electrons.